The summed E-state index contributed by atoms with van der Waals surface area (Å²) in [5, 5.41) is 9.42. The van der Waals surface area contributed by atoms with Crippen LogP contribution in [-0.4, -0.2) is 34.2 Å². The Morgan fingerprint density at radius 1 is 1.31 bits per heavy atom. The van der Waals surface area contributed by atoms with Crippen LogP contribution in [0.4, 0.5) is 4.79 Å². The Bertz CT molecular complexity index is 403. The maximum Gasteiger partial charge on any atom is 0.326 e. The van der Waals surface area contributed by atoms with Crippen molar-refractivity contribution < 1.29 is 9.90 Å². The molecule has 2 amide bonds. The van der Waals surface area contributed by atoms with E-state index in [1.165, 1.54) is 4.90 Å². The molecule has 84 valence electrons. The van der Waals surface area contributed by atoms with Crippen molar-refractivity contribution >= 4 is 6.03 Å². The van der Waals surface area contributed by atoms with Crippen LogP contribution in [0.5, 0.6) is 0 Å². The fraction of sp³-hybridized carbons (Fsp3) is 0.250. The molecule has 1 atom stereocenters. The van der Waals surface area contributed by atoms with Gasteiger partial charge in [0.15, 0.2) is 6.23 Å². The van der Waals surface area contributed by atoms with Gasteiger partial charge in [0.25, 0.3) is 0 Å². The van der Waals surface area contributed by atoms with E-state index in [2.05, 4.69) is 0 Å². The number of rotatable bonds is 2. The lowest BCUT2D eigenvalue weighted by molar-refractivity contribution is 0.0609. The molecule has 0 saturated carbocycles. The molecule has 1 aromatic carbocycles. The number of hydrogen-bond acceptors (Lipinski definition) is 2. The molecule has 0 fully saturated rings. The zero-order valence-electron chi connectivity index (χ0n) is 9.08. The molecule has 1 N–H and O–H groups in total. The Morgan fingerprint density at radius 3 is 2.69 bits per heavy atom. The standard InChI is InChI=1S/C12H14N2O2/c1-13-11(15)7-8-14(12(13)16)9-10-5-3-2-4-6-10/h2-8,11,15H,9H2,1H3. The van der Waals surface area contributed by atoms with Gasteiger partial charge in [-0.3, -0.25) is 9.80 Å². The van der Waals surface area contributed by atoms with Gasteiger partial charge in [0.05, 0.1) is 6.54 Å². The van der Waals surface area contributed by atoms with Crippen LogP contribution in [0, 0.1) is 0 Å². The maximum absolute atomic E-state index is 11.8. The fourth-order valence-corrected chi connectivity index (χ4v) is 1.59. The van der Waals surface area contributed by atoms with Crippen LogP contribution >= 0.6 is 0 Å². The SMILES string of the molecule is CN1C(=O)N(Cc2ccccc2)C=CC1O. The van der Waals surface area contributed by atoms with E-state index in [1.54, 1.807) is 24.2 Å². The molecule has 1 unspecified atom stereocenters. The summed E-state index contributed by atoms with van der Waals surface area (Å²) in [6.45, 7) is 0.521. The Kier molecular flexibility index (Phi) is 2.92. The molecular formula is C12H14N2O2. The number of carbonyl (C=O) groups excluding carboxylic acids is 1. The van der Waals surface area contributed by atoms with Crippen LogP contribution in [0.3, 0.4) is 0 Å². The molecule has 1 heterocycles. The van der Waals surface area contributed by atoms with Gasteiger partial charge in [-0.2, -0.15) is 0 Å². The summed E-state index contributed by atoms with van der Waals surface area (Å²) in [5.74, 6) is 0. The average molecular weight is 218 g/mol. The van der Waals surface area contributed by atoms with Crippen molar-refractivity contribution in [1.29, 1.82) is 0 Å². The fourth-order valence-electron chi connectivity index (χ4n) is 1.59. The zero-order chi connectivity index (χ0) is 11.5. The highest BCUT2D eigenvalue weighted by Gasteiger charge is 2.24. The number of urea groups is 1. The van der Waals surface area contributed by atoms with E-state index in [9.17, 15) is 9.90 Å². The molecule has 2 rings (SSSR count). The number of carbonyl (C=O) groups is 1. The monoisotopic (exact) mass is 218 g/mol. The lowest BCUT2D eigenvalue weighted by Gasteiger charge is -2.32. The van der Waals surface area contributed by atoms with Crippen molar-refractivity contribution in [2.75, 3.05) is 7.05 Å². The first-order chi connectivity index (χ1) is 7.68. The van der Waals surface area contributed by atoms with Crippen molar-refractivity contribution in [1.82, 2.24) is 9.80 Å². The average Bonchev–Trinajstić information content (AvgIpc) is 2.31. The first kappa shape index (κ1) is 10.7. The summed E-state index contributed by atoms with van der Waals surface area (Å²) in [6, 6.07) is 9.54. The summed E-state index contributed by atoms with van der Waals surface area (Å²) in [7, 11) is 1.58. The molecule has 0 spiro atoms. The number of amides is 2. The number of nitrogens with zero attached hydrogens (tertiary/aromatic N) is 2. The van der Waals surface area contributed by atoms with Gasteiger partial charge in [-0.05, 0) is 11.6 Å². The topological polar surface area (TPSA) is 43.8 Å². The highest BCUT2D eigenvalue weighted by Crippen LogP contribution is 2.13. The normalized spacial score (nSPS) is 20.4. The van der Waals surface area contributed by atoms with Gasteiger partial charge in [-0.1, -0.05) is 30.3 Å². The van der Waals surface area contributed by atoms with E-state index < -0.39 is 6.23 Å². The van der Waals surface area contributed by atoms with Gasteiger partial charge < -0.3 is 5.11 Å². The lowest BCUT2D eigenvalue weighted by atomic mass is 10.2. The second kappa shape index (κ2) is 4.37. The predicted octanol–water partition coefficient (Wildman–Crippen LogP) is 1.39. The molecule has 16 heavy (non-hydrogen) atoms. The largest absolute Gasteiger partial charge is 0.370 e. The van der Waals surface area contributed by atoms with E-state index in [0.29, 0.717) is 6.54 Å². The van der Waals surface area contributed by atoms with Crippen LogP contribution in [0.2, 0.25) is 0 Å². The summed E-state index contributed by atoms with van der Waals surface area (Å²) in [5.41, 5.74) is 1.06. The molecule has 0 saturated heterocycles. The Morgan fingerprint density at radius 2 is 2.00 bits per heavy atom. The van der Waals surface area contributed by atoms with Crippen molar-refractivity contribution in [2.24, 2.45) is 0 Å². The smallest absolute Gasteiger partial charge is 0.326 e. The van der Waals surface area contributed by atoms with E-state index in [1.807, 2.05) is 30.3 Å². The number of benzene rings is 1. The highest BCUT2D eigenvalue weighted by molar-refractivity contribution is 5.76. The summed E-state index contributed by atoms with van der Waals surface area (Å²) >= 11 is 0. The van der Waals surface area contributed by atoms with Crippen LogP contribution in [0.25, 0.3) is 0 Å². The van der Waals surface area contributed by atoms with Gasteiger partial charge in [0, 0.05) is 13.2 Å². The van der Waals surface area contributed by atoms with Crippen LogP contribution < -0.4 is 0 Å². The zero-order valence-corrected chi connectivity index (χ0v) is 9.08. The molecule has 1 aliphatic rings. The molecule has 1 aliphatic heterocycles. The van der Waals surface area contributed by atoms with Gasteiger partial charge >= 0.3 is 6.03 Å². The Labute approximate surface area is 94.4 Å². The van der Waals surface area contributed by atoms with E-state index >= 15 is 0 Å². The van der Waals surface area contributed by atoms with E-state index in [-0.39, 0.29) is 6.03 Å². The van der Waals surface area contributed by atoms with Gasteiger partial charge in [-0.25, -0.2) is 4.79 Å². The number of aliphatic hydroxyl groups is 1. The molecular weight excluding hydrogens is 204 g/mol. The van der Waals surface area contributed by atoms with Gasteiger partial charge in [0.1, 0.15) is 0 Å². The third-order valence-corrected chi connectivity index (χ3v) is 2.58. The number of aliphatic hydroxyl groups excluding tert-OH is 1. The summed E-state index contributed by atoms with van der Waals surface area (Å²) in [4.78, 5) is 14.6. The van der Waals surface area contributed by atoms with Crippen LogP contribution in [0.15, 0.2) is 42.6 Å². The minimum atomic E-state index is -0.820. The quantitative estimate of drug-likeness (QED) is 0.815. The first-order valence-corrected chi connectivity index (χ1v) is 5.12. The lowest BCUT2D eigenvalue weighted by Crippen LogP contribution is -2.46. The van der Waals surface area contributed by atoms with Crippen molar-refractivity contribution in [3.63, 3.8) is 0 Å². The third kappa shape index (κ3) is 2.06. The molecule has 0 aliphatic carbocycles. The molecule has 0 radical (unpaired) electrons. The van der Waals surface area contributed by atoms with Crippen molar-refractivity contribution in [2.45, 2.75) is 12.8 Å². The van der Waals surface area contributed by atoms with Crippen molar-refractivity contribution in [3.8, 4) is 0 Å². The molecule has 0 bridgehead atoms. The predicted molar refractivity (Wildman–Crippen MR) is 60.3 cm³/mol. The minimum absolute atomic E-state index is 0.196. The second-order valence-electron chi connectivity index (χ2n) is 3.76. The van der Waals surface area contributed by atoms with Gasteiger partial charge in [-0.15, -0.1) is 0 Å². The minimum Gasteiger partial charge on any atom is -0.370 e. The highest BCUT2D eigenvalue weighted by atomic mass is 16.3. The summed E-state index contributed by atoms with van der Waals surface area (Å²) in [6.07, 6.45) is 2.39. The van der Waals surface area contributed by atoms with Gasteiger partial charge in [0.2, 0.25) is 0 Å². The Hall–Kier alpha value is -1.81. The van der Waals surface area contributed by atoms with E-state index in [4.69, 9.17) is 0 Å². The number of hydrogen-bond donors (Lipinski definition) is 1. The summed E-state index contributed by atoms with van der Waals surface area (Å²) < 4.78 is 0. The number of likely N-dealkylation sites (N-methyl/N-ethyl adjacent to an activating group) is 1. The molecule has 4 nitrogen and oxygen atoms in total. The second-order valence-corrected chi connectivity index (χ2v) is 3.76. The van der Waals surface area contributed by atoms with Crippen LogP contribution in [-0.2, 0) is 6.54 Å². The Balaban J connectivity index is 2.12. The molecule has 0 aromatic heterocycles. The maximum atomic E-state index is 11.8. The molecule has 1 aromatic rings. The first-order valence-electron chi connectivity index (χ1n) is 5.12. The third-order valence-electron chi connectivity index (χ3n) is 2.58. The van der Waals surface area contributed by atoms with E-state index in [0.717, 1.165) is 5.56 Å². The van der Waals surface area contributed by atoms with Crippen molar-refractivity contribution in [3.05, 3.63) is 48.2 Å². The van der Waals surface area contributed by atoms with Crippen LogP contribution in [0.1, 0.15) is 5.56 Å². The molecule has 4 heteroatoms.